The van der Waals surface area contributed by atoms with Crippen molar-refractivity contribution < 1.29 is 13.8 Å². The molecule has 1 fully saturated rings. The maximum absolute atomic E-state index is 12.9. The first-order chi connectivity index (χ1) is 13.2. The van der Waals surface area contributed by atoms with E-state index in [0.717, 1.165) is 24.3 Å². The molecule has 0 bridgehead atoms. The Labute approximate surface area is 156 Å². The van der Waals surface area contributed by atoms with E-state index in [4.69, 9.17) is 9.05 Å². The van der Waals surface area contributed by atoms with E-state index in [0.29, 0.717) is 35.9 Å². The lowest BCUT2D eigenvalue weighted by atomic mass is 10.1. The fourth-order valence-electron chi connectivity index (χ4n) is 3.32. The van der Waals surface area contributed by atoms with E-state index >= 15 is 0 Å². The molecule has 27 heavy (non-hydrogen) atoms. The number of hydrogen-bond acceptors (Lipinski definition) is 6. The smallest absolute Gasteiger partial charge is 0.322 e. The highest BCUT2D eigenvalue weighted by Crippen LogP contribution is 2.34. The lowest BCUT2D eigenvalue weighted by Crippen LogP contribution is -2.34. The van der Waals surface area contributed by atoms with E-state index in [1.807, 2.05) is 44.2 Å². The van der Waals surface area contributed by atoms with Gasteiger partial charge < -0.3 is 19.3 Å². The second kappa shape index (κ2) is 7.22. The number of urea groups is 1. The van der Waals surface area contributed by atoms with Crippen molar-refractivity contribution in [2.24, 2.45) is 0 Å². The normalized spacial score (nSPS) is 16.7. The highest BCUT2D eigenvalue weighted by molar-refractivity contribution is 5.93. The molecule has 140 valence electrons. The molecule has 2 amide bonds. The molecule has 8 nitrogen and oxygen atoms in total. The average molecular weight is 367 g/mol. The maximum atomic E-state index is 12.9. The minimum atomic E-state index is -0.186. The average Bonchev–Trinajstić information content (AvgIpc) is 3.42. The molecule has 2 aromatic heterocycles. The Morgan fingerprint density at radius 2 is 2.15 bits per heavy atom. The fraction of sp³-hybridized carbons (Fsp3) is 0.368. The van der Waals surface area contributed by atoms with Crippen LogP contribution >= 0.6 is 0 Å². The molecule has 1 saturated heterocycles. The van der Waals surface area contributed by atoms with Crippen LogP contribution in [0.2, 0.25) is 0 Å². The third-order valence-corrected chi connectivity index (χ3v) is 4.67. The van der Waals surface area contributed by atoms with Crippen LogP contribution in [0.25, 0.3) is 11.5 Å². The monoisotopic (exact) mass is 367 g/mol. The summed E-state index contributed by atoms with van der Waals surface area (Å²) in [6.07, 6.45) is 2.46. The van der Waals surface area contributed by atoms with Gasteiger partial charge in [0.1, 0.15) is 0 Å². The molecule has 1 aromatic carbocycles. The first kappa shape index (κ1) is 17.3. The highest BCUT2D eigenvalue weighted by atomic mass is 16.5. The van der Waals surface area contributed by atoms with Crippen molar-refractivity contribution >= 4 is 11.7 Å². The summed E-state index contributed by atoms with van der Waals surface area (Å²) in [5.74, 6) is 1.75. The van der Waals surface area contributed by atoms with Crippen LogP contribution in [0, 0.1) is 6.92 Å². The summed E-state index contributed by atoms with van der Waals surface area (Å²) in [4.78, 5) is 19.1. The van der Waals surface area contributed by atoms with Gasteiger partial charge in [0.05, 0.1) is 23.0 Å². The van der Waals surface area contributed by atoms with Gasteiger partial charge >= 0.3 is 6.03 Å². The number of nitrogens with zero attached hydrogens (tertiary/aromatic N) is 4. The molecule has 3 aromatic rings. The van der Waals surface area contributed by atoms with Gasteiger partial charge in [-0.1, -0.05) is 29.4 Å². The largest absolute Gasteiger partial charge is 0.359 e. The Bertz CT molecular complexity index is 948. The van der Waals surface area contributed by atoms with Gasteiger partial charge in [-0.25, -0.2) is 4.79 Å². The van der Waals surface area contributed by atoms with Crippen molar-refractivity contribution in [1.29, 1.82) is 0 Å². The van der Waals surface area contributed by atoms with Crippen LogP contribution < -0.4 is 5.32 Å². The number of para-hydroxylation sites is 1. The number of benzene rings is 1. The number of likely N-dealkylation sites (tertiary alicyclic amines) is 1. The fourth-order valence-corrected chi connectivity index (χ4v) is 3.32. The van der Waals surface area contributed by atoms with Crippen LogP contribution in [0.3, 0.4) is 0 Å². The van der Waals surface area contributed by atoms with Gasteiger partial charge in [-0.05, 0) is 31.9 Å². The number of hydrogen-bond donors (Lipinski definition) is 1. The molecule has 4 rings (SSSR count). The van der Waals surface area contributed by atoms with Gasteiger partial charge in [0.15, 0.2) is 11.6 Å². The van der Waals surface area contributed by atoms with E-state index in [1.165, 1.54) is 0 Å². The van der Waals surface area contributed by atoms with Crippen LogP contribution in [0.1, 0.15) is 43.1 Å². The van der Waals surface area contributed by atoms with Gasteiger partial charge in [0.2, 0.25) is 0 Å². The molecule has 1 unspecified atom stereocenters. The zero-order valence-corrected chi connectivity index (χ0v) is 15.3. The molecular weight excluding hydrogens is 346 g/mol. The summed E-state index contributed by atoms with van der Waals surface area (Å²) in [6, 6.07) is 9.00. The third kappa shape index (κ3) is 3.42. The van der Waals surface area contributed by atoms with E-state index in [2.05, 4.69) is 20.6 Å². The minimum absolute atomic E-state index is 0.103. The quantitative estimate of drug-likeness (QED) is 0.749. The van der Waals surface area contributed by atoms with Crippen LogP contribution in [0.5, 0.6) is 0 Å². The van der Waals surface area contributed by atoms with Crippen LogP contribution in [0.15, 0.2) is 39.4 Å². The molecule has 1 aliphatic rings. The van der Waals surface area contributed by atoms with Crippen molar-refractivity contribution in [1.82, 2.24) is 20.2 Å². The summed E-state index contributed by atoms with van der Waals surface area (Å²) in [6.45, 7) is 4.50. The van der Waals surface area contributed by atoms with Gasteiger partial charge in [-0.2, -0.15) is 4.98 Å². The number of aromatic nitrogens is 3. The summed E-state index contributed by atoms with van der Waals surface area (Å²) in [5.41, 5.74) is 2.14. The SMILES string of the molecule is CCc1noc(-c2ccccc2NC(=O)N2CCCC2c2cc(C)no2)n1. The predicted octanol–water partition coefficient (Wildman–Crippen LogP) is 3.96. The second-order valence-corrected chi connectivity index (χ2v) is 6.57. The van der Waals surface area contributed by atoms with Crippen molar-refractivity contribution in [3.05, 3.63) is 47.6 Å². The first-order valence-electron chi connectivity index (χ1n) is 9.08. The molecule has 0 radical (unpaired) electrons. The molecule has 0 saturated carbocycles. The van der Waals surface area contributed by atoms with Crippen LogP contribution in [0.4, 0.5) is 10.5 Å². The van der Waals surface area contributed by atoms with Crippen molar-refractivity contribution in [3.63, 3.8) is 0 Å². The van der Waals surface area contributed by atoms with Gasteiger partial charge in [0.25, 0.3) is 5.89 Å². The van der Waals surface area contributed by atoms with Gasteiger partial charge in [-0.3, -0.25) is 0 Å². The number of carbonyl (C=O) groups is 1. The molecule has 0 aliphatic carbocycles. The maximum Gasteiger partial charge on any atom is 0.322 e. The van der Waals surface area contributed by atoms with Crippen molar-refractivity contribution in [2.45, 2.75) is 39.2 Å². The number of rotatable bonds is 4. The molecular formula is C19H21N5O3. The number of nitrogens with one attached hydrogen (secondary N) is 1. The van der Waals surface area contributed by atoms with E-state index in [1.54, 1.807) is 4.90 Å². The second-order valence-electron chi connectivity index (χ2n) is 6.57. The van der Waals surface area contributed by atoms with Crippen molar-refractivity contribution in [3.8, 4) is 11.5 Å². The van der Waals surface area contributed by atoms with Crippen LogP contribution in [-0.4, -0.2) is 32.8 Å². The third-order valence-electron chi connectivity index (χ3n) is 4.67. The number of aryl methyl sites for hydroxylation is 2. The van der Waals surface area contributed by atoms with Gasteiger partial charge in [-0.15, -0.1) is 0 Å². The summed E-state index contributed by atoms with van der Waals surface area (Å²) >= 11 is 0. The standard InChI is InChI=1S/C19H21N5O3/c1-3-17-21-18(27-23-17)13-7-4-5-8-14(13)20-19(25)24-10-6-9-15(24)16-11-12(2)22-26-16/h4-5,7-8,11,15H,3,6,9-10H2,1-2H3,(H,20,25). The predicted molar refractivity (Wildman–Crippen MR) is 98.1 cm³/mol. The number of anilines is 1. The molecule has 1 N–H and O–H groups in total. The van der Waals surface area contributed by atoms with Crippen molar-refractivity contribution in [2.75, 3.05) is 11.9 Å². The molecule has 1 atom stereocenters. The Kier molecular flexibility index (Phi) is 4.62. The zero-order chi connectivity index (χ0) is 18.8. The molecule has 0 spiro atoms. The first-order valence-corrected chi connectivity index (χ1v) is 9.08. The zero-order valence-electron chi connectivity index (χ0n) is 15.3. The number of carbonyl (C=O) groups excluding carboxylic acids is 1. The highest BCUT2D eigenvalue weighted by Gasteiger charge is 2.33. The van der Waals surface area contributed by atoms with Gasteiger partial charge in [0, 0.05) is 19.0 Å². The Morgan fingerprint density at radius 3 is 2.89 bits per heavy atom. The summed E-state index contributed by atoms with van der Waals surface area (Å²) < 4.78 is 10.7. The van der Waals surface area contributed by atoms with Crippen LogP contribution in [-0.2, 0) is 6.42 Å². The lowest BCUT2D eigenvalue weighted by molar-refractivity contribution is 0.195. The molecule has 8 heteroatoms. The minimum Gasteiger partial charge on any atom is -0.359 e. The summed E-state index contributed by atoms with van der Waals surface area (Å²) in [5, 5.41) is 10.9. The Hall–Kier alpha value is -3.16. The number of amides is 2. The van der Waals surface area contributed by atoms with E-state index in [9.17, 15) is 4.79 Å². The Balaban J connectivity index is 1.56. The lowest BCUT2D eigenvalue weighted by Gasteiger charge is -2.23. The van der Waals surface area contributed by atoms with E-state index in [-0.39, 0.29) is 12.1 Å². The molecule has 1 aliphatic heterocycles. The summed E-state index contributed by atoms with van der Waals surface area (Å²) in [7, 11) is 0. The Morgan fingerprint density at radius 1 is 1.30 bits per heavy atom. The molecule has 3 heterocycles. The topological polar surface area (TPSA) is 97.3 Å². The van der Waals surface area contributed by atoms with E-state index < -0.39 is 0 Å².